The molecule has 1 fully saturated rings. The van der Waals surface area contributed by atoms with Crippen LogP contribution >= 0.6 is 0 Å². The number of piperidine rings is 1. The molecule has 0 radical (unpaired) electrons. The molecule has 3 amide bonds. The number of carbonyl (C=O) groups is 4. The Bertz CT molecular complexity index is 682. The number of nitrogens with zero attached hydrogens (tertiary/aromatic N) is 1. The average molecular weight is 288 g/mol. The third kappa shape index (κ3) is 1.97. The number of imide groups is 1. The van der Waals surface area contributed by atoms with Gasteiger partial charge in [0, 0.05) is 6.54 Å². The second kappa shape index (κ2) is 4.69. The topological polar surface area (TPSA) is 104 Å². The molecule has 2 heterocycles. The number of nitrogens with one attached hydrogen (secondary N) is 1. The number of amides is 3. The third-order valence-corrected chi connectivity index (χ3v) is 3.73. The van der Waals surface area contributed by atoms with Gasteiger partial charge in [-0.05, 0) is 31.0 Å². The van der Waals surface area contributed by atoms with Crippen molar-refractivity contribution in [1.82, 2.24) is 10.2 Å². The Kier molecular flexibility index (Phi) is 2.97. The molecular formula is C14H12N2O5. The van der Waals surface area contributed by atoms with Gasteiger partial charge in [0.1, 0.15) is 6.04 Å². The second-order valence-electron chi connectivity index (χ2n) is 4.99. The quantitative estimate of drug-likeness (QED) is 0.760. The van der Waals surface area contributed by atoms with Gasteiger partial charge in [-0.1, -0.05) is 0 Å². The van der Waals surface area contributed by atoms with E-state index in [0.29, 0.717) is 19.4 Å². The monoisotopic (exact) mass is 288 g/mol. The van der Waals surface area contributed by atoms with Crippen molar-refractivity contribution in [2.75, 3.05) is 6.54 Å². The Morgan fingerprint density at radius 2 is 1.90 bits per heavy atom. The largest absolute Gasteiger partial charge is 0.478 e. The SMILES string of the molecule is O=C(O)c1ccc2c(c1)C(=O)N(C1CCCNC1=O)C2=O. The highest BCUT2D eigenvalue weighted by atomic mass is 16.4. The van der Waals surface area contributed by atoms with Gasteiger partial charge in [-0.2, -0.15) is 0 Å². The molecule has 0 saturated carbocycles. The number of hydrogen-bond acceptors (Lipinski definition) is 4. The van der Waals surface area contributed by atoms with Crippen molar-refractivity contribution in [3.8, 4) is 0 Å². The normalized spacial score (nSPS) is 21.2. The van der Waals surface area contributed by atoms with E-state index in [1.165, 1.54) is 18.2 Å². The number of aromatic carboxylic acids is 1. The molecule has 0 spiro atoms. The first-order valence-electron chi connectivity index (χ1n) is 6.53. The number of carbonyl (C=O) groups excluding carboxylic acids is 3. The Morgan fingerprint density at radius 3 is 2.57 bits per heavy atom. The molecule has 108 valence electrons. The van der Waals surface area contributed by atoms with Crippen molar-refractivity contribution in [2.45, 2.75) is 18.9 Å². The summed E-state index contributed by atoms with van der Waals surface area (Å²) in [5, 5.41) is 11.6. The number of carboxylic acids is 1. The summed E-state index contributed by atoms with van der Waals surface area (Å²) in [5.74, 6) is -2.68. The van der Waals surface area contributed by atoms with Gasteiger partial charge in [0.25, 0.3) is 11.8 Å². The standard InChI is InChI=1S/C14H12N2O5/c17-11-10(2-1-5-15-11)16-12(18)8-4-3-7(14(20)21)6-9(8)13(16)19/h3-4,6,10H,1-2,5H2,(H,15,17)(H,20,21). The number of rotatable bonds is 2. The molecule has 1 aromatic carbocycles. The van der Waals surface area contributed by atoms with Crippen LogP contribution in [0.1, 0.15) is 43.9 Å². The summed E-state index contributed by atoms with van der Waals surface area (Å²) >= 11 is 0. The van der Waals surface area contributed by atoms with Gasteiger partial charge in [-0.25, -0.2) is 4.79 Å². The van der Waals surface area contributed by atoms with Crippen LogP contribution in [0.5, 0.6) is 0 Å². The Labute approximate surface area is 119 Å². The maximum absolute atomic E-state index is 12.4. The first-order chi connectivity index (χ1) is 10.0. The van der Waals surface area contributed by atoms with Crippen LogP contribution in [-0.2, 0) is 4.79 Å². The number of carboxylic acid groups (broad SMARTS) is 1. The van der Waals surface area contributed by atoms with E-state index in [-0.39, 0.29) is 22.6 Å². The molecule has 3 rings (SSSR count). The van der Waals surface area contributed by atoms with E-state index in [0.717, 1.165) is 4.90 Å². The average Bonchev–Trinajstić information content (AvgIpc) is 2.71. The molecule has 1 unspecified atom stereocenters. The summed E-state index contributed by atoms with van der Waals surface area (Å²) in [4.78, 5) is 48.4. The van der Waals surface area contributed by atoms with E-state index >= 15 is 0 Å². The summed E-state index contributed by atoms with van der Waals surface area (Å²) in [6.45, 7) is 0.529. The van der Waals surface area contributed by atoms with E-state index in [9.17, 15) is 19.2 Å². The third-order valence-electron chi connectivity index (χ3n) is 3.73. The van der Waals surface area contributed by atoms with Crippen LogP contribution in [0.4, 0.5) is 0 Å². The second-order valence-corrected chi connectivity index (χ2v) is 4.99. The Hall–Kier alpha value is -2.70. The number of benzene rings is 1. The van der Waals surface area contributed by atoms with Crippen molar-refractivity contribution in [3.63, 3.8) is 0 Å². The molecule has 0 aliphatic carbocycles. The van der Waals surface area contributed by atoms with Crippen LogP contribution < -0.4 is 5.32 Å². The minimum atomic E-state index is -1.17. The molecule has 0 aromatic heterocycles. The molecule has 0 bridgehead atoms. The van der Waals surface area contributed by atoms with Crippen LogP contribution in [0.3, 0.4) is 0 Å². The lowest BCUT2D eigenvalue weighted by molar-refractivity contribution is -0.126. The zero-order valence-corrected chi connectivity index (χ0v) is 11.0. The smallest absolute Gasteiger partial charge is 0.335 e. The summed E-state index contributed by atoms with van der Waals surface area (Å²) in [6, 6.07) is 2.95. The lowest BCUT2D eigenvalue weighted by Crippen LogP contribution is -2.52. The van der Waals surface area contributed by atoms with Crippen LogP contribution in [0.2, 0.25) is 0 Å². The molecule has 21 heavy (non-hydrogen) atoms. The Morgan fingerprint density at radius 1 is 1.19 bits per heavy atom. The molecule has 2 aliphatic heterocycles. The molecular weight excluding hydrogens is 276 g/mol. The van der Waals surface area contributed by atoms with E-state index in [1.54, 1.807) is 0 Å². The van der Waals surface area contributed by atoms with Gasteiger partial charge >= 0.3 is 5.97 Å². The molecule has 2 N–H and O–H groups in total. The van der Waals surface area contributed by atoms with E-state index in [4.69, 9.17) is 5.11 Å². The summed E-state index contributed by atoms with van der Waals surface area (Å²) in [6.07, 6.45) is 1.10. The van der Waals surface area contributed by atoms with Crippen LogP contribution in [0, 0.1) is 0 Å². The van der Waals surface area contributed by atoms with E-state index in [2.05, 4.69) is 5.32 Å². The van der Waals surface area contributed by atoms with E-state index < -0.39 is 23.8 Å². The maximum Gasteiger partial charge on any atom is 0.335 e. The van der Waals surface area contributed by atoms with E-state index in [1.807, 2.05) is 0 Å². The van der Waals surface area contributed by atoms with Gasteiger partial charge < -0.3 is 10.4 Å². The van der Waals surface area contributed by atoms with Crippen molar-refractivity contribution in [1.29, 1.82) is 0 Å². The summed E-state index contributed by atoms with van der Waals surface area (Å²) in [7, 11) is 0. The van der Waals surface area contributed by atoms with Crippen LogP contribution in [0.25, 0.3) is 0 Å². The highest BCUT2D eigenvalue weighted by Gasteiger charge is 2.43. The zero-order valence-electron chi connectivity index (χ0n) is 11.0. The first-order valence-corrected chi connectivity index (χ1v) is 6.53. The van der Waals surface area contributed by atoms with Gasteiger partial charge in [0.2, 0.25) is 5.91 Å². The molecule has 1 saturated heterocycles. The van der Waals surface area contributed by atoms with Crippen molar-refractivity contribution in [2.24, 2.45) is 0 Å². The van der Waals surface area contributed by atoms with Crippen molar-refractivity contribution < 1.29 is 24.3 Å². The van der Waals surface area contributed by atoms with Gasteiger partial charge in [-0.15, -0.1) is 0 Å². The van der Waals surface area contributed by atoms with Gasteiger partial charge in [-0.3, -0.25) is 19.3 Å². The van der Waals surface area contributed by atoms with Crippen molar-refractivity contribution in [3.05, 3.63) is 34.9 Å². The molecule has 2 aliphatic rings. The van der Waals surface area contributed by atoms with Gasteiger partial charge in [0.05, 0.1) is 16.7 Å². The molecule has 1 aromatic rings. The lowest BCUT2D eigenvalue weighted by Gasteiger charge is -2.28. The summed E-state index contributed by atoms with van der Waals surface area (Å²) < 4.78 is 0. The molecule has 1 atom stereocenters. The lowest BCUT2D eigenvalue weighted by atomic mass is 10.1. The fraction of sp³-hybridized carbons (Fsp3) is 0.286. The minimum absolute atomic E-state index is 0.0401. The fourth-order valence-corrected chi connectivity index (χ4v) is 2.68. The predicted molar refractivity (Wildman–Crippen MR) is 69.9 cm³/mol. The number of fused-ring (bicyclic) bond motifs is 1. The minimum Gasteiger partial charge on any atom is -0.478 e. The fourth-order valence-electron chi connectivity index (χ4n) is 2.68. The van der Waals surface area contributed by atoms with Gasteiger partial charge in [0.15, 0.2) is 0 Å². The highest BCUT2D eigenvalue weighted by Crippen LogP contribution is 2.28. The zero-order chi connectivity index (χ0) is 15.1. The molecule has 7 nitrogen and oxygen atoms in total. The number of hydrogen-bond donors (Lipinski definition) is 2. The highest BCUT2D eigenvalue weighted by molar-refractivity contribution is 6.23. The predicted octanol–water partition coefficient (Wildman–Crippen LogP) is 0.259. The van der Waals surface area contributed by atoms with Crippen molar-refractivity contribution >= 4 is 23.7 Å². The Balaban J connectivity index is 2.00. The first kappa shape index (κ1) is 13.3. The molecule has 7 heteroatoms. The summed E-state index contributed by atoms with van der Waals surface area (Å²) in [5.41, 5.74) is 0.117. The van der Waals surface area contributed by atoms with Crippen LogP contribution in [-0.4, -0.2) is 46.3 Å². The van der Waals surface area contributed by atoms with Crippen LogP contribution in [0.15, 0.2) is 18.2 Å². The maximum atomic E-state index is 12.4.